The molecule has 59 heavy (non-hydrogen) atoms. The van der Waals surface area contributed by atoms with Gasteiger partial charge < -0.3 is 14.0 Å². The Labute approximate surface area is 345 Å². The summed E-state index contributed by atoms with van der Waals surface area (Å²) in [7, 11) is 0. The van der Waals surface area contributed by atoms with Crippen molar-refractivity contribution in [3.05, 3.63) is 233 Å². The highest BCUT2D eigenvalue weighted by molar-refractivity contribution is 5.95. The second kappa shape index (κ2) is 13.8. The third-order valence-electron chi connectivity index (χ3n) is 12.6. The average Bonchev–Trinajstić information content (AvgIpc) is 3.79. The molecule has 2 aromatic heterocycles. The van der Waals surface area contributed by atoms with Gasteiger partial charge in [-0.25, -0.2) is 0 Å². The van der Waals surface area contributed by atoms with Gasteiger partial charge in [-0.05, 0) is 115 Å². The fourth-order valence-corrected chi connectivity index (χ4v) is 10.1. The van der Waals surface area contributed by atoms with Crippen molar-refractivity contribution in [2.45, 2.75) is 25.2 Å². The lowest BCUT2D eigenvalue weighted by Crippen LogP contribution is -2.37. The van der Waals surface area contributed by atoms with E-state index in [-0.39, 0.29) is 0 Å². The van der Waals surface area contributed by atoms with Gasteiger partial charge in [0.15, 0.2) is 0 Å². The monoisotopic (exact) mass is 755 g/mol. The molecule has 0 radical (unpaired) electrons. The van der Waals surface area contributed by atoms with E-state index in [4.69, 9.17) is 6.42 Å². The highest BCUT2D eigenvalue weighted by atomic mass is 15.2. The molecule has 3 nitrogen and oxygen atoms in total. The number of benzene rings is 7. The van der Waals surface area contributed by atoms with E-state index in [2.05, 4.69) is 221 Å². The normalized spacial score (nSPS) is 14.0. The SMILES string of the molecule is C#C/C=C\c1c(C)n(-c2ccc(C3(c4ccc(-n5c6c(c7ccccc75)C=CCC6)cc4)c4ccccc4N(c4ccccc4)c4ccccc43)cc2)c2ccccc12. The van der Waals surface area contributed by atoms with Crippen LogP contribution in [0.2, 0.25) is 0 Å². The number of para-hydroxylation sites is 5. The fourth-order valence-electron chi connectivity index (χ4n) is 10.1. The molecular formula is C56H41N3. The molecule has 0 unspecified atom stereocenters. The zero-order valence-corrected chi connectivity index (χ0v) is 32.9. The third kappa shape index (κ3) is 5.17. The Balaban J connectivity index is 1.15. The van der Waals surface area contributed by atoms with Crippen LogP contribution in [0.5, 0.6) is 0 Å². The molecule has 3 heterocycles. The summed E-state index contributed by atoms with van der Waals surface area (Å²) in [4.78, 5) is 2.43. The number of anilines is 3. The summed E-state index contributed by atoms with van der Waals surface area (Å²) in [5.74, 6) is 2.69. The van der Waals surface area contributed by atoms with Gasteiger partial charge >= 0.3 is 0 Å². The number of hydrogen-bond donors (Lipinski definition) is 0. The Kier molecular flexibility index (Phi) is 8.13. The average molecular weight is 756 g/mol. The summed E-state index contributed by atoms with van der Waals surface area (Å²) >= 11 is 0. The molecule has 3 heteroatoms. The number of rotatable bonds is 6. The zero-order chi connectivity index (χ0) is 39.5. The first kappa shape index (κ1) is 34.7. The molecule has 9 aromatic rings. The van der Waals surface area contributed by atoms with Crippen LogP contribution >= 0.6 is 0 Å². The van der Waals surface area contributed by atoms with Crippen LogP contribution in [0.25, 0.3) is 45.3 Å². The van der Waals surface area contributed by atoms with E-state index in [0.717, 1.165) is 41.0 Å². The lowest BCUT2D eigenvalue weighted by molar-refractivity contribution is 0.730. The number of hydrogen-bond acceptors (Lipinski definition) is 1. The Hall–Kier alpha value is -7.54. The molecule has 0 amide bonds. The van der Waals surface area contributed by atoms with Crippen LogP contribution in [0.4, 0.5) is 17.1 Å². The lowest BCUT2D eigenvalue weighted by Gasteiger charge is -2.46. The van der Waals surface area contributed by atoms with Crippen molar-refractivity contribution in [2.24, 2.45) is 0 Å². The molecule has 0 atom stereocenters. The number of aromatic nitrogens is 2. The largest absolute Gasteiger partial charge is 0.313 e. The molecule has 0 N–H and O–H groups in total. The number of allylic oxidation sites excluding steroid dienone is 2. The maximum Gasteiger partial charge on any atom is 0.0742 e. The maximum absolute atomic E-state index is 5.68. The van der Waals surface area contributed by atoms with Crippen LogP contribution < -0.4 is 4.90 Å². The molecule has 0 bridgehead atoms. The van der Waals surface area contributed by atoms with Gasteiger partial charge in [-0.2, -0.15) is 0 Å². The minimum atomic E-state index is -0.634. The van der Waals surface area contributed by atoms with Gasteiger partial charge in [-0.1, -0.05) is 133 Å². The Morgan fingerprint density at radius 2 is 1.10 bits per heavy atom. The van der Waals surface area contributed by atoms with E-state index in [1.807, 2.05) is 0 Å². The van der Waals surface area contributed by atoms with E-state index < -0.39 is 5.41 Å². The molecule has 1 aliphatic heterocycles. The molecular weight excluding hydrogens is 715 g/mol. The third-order valence-corrected chi connectivity index (χ3v) is 12.6. The van der Waals surface area contributed by atoms with Gasteiger partial charge in [0.1, 0.15) is 0 Å². The summed E-state index contributed by atoms with van der Waals surface area (Å²) in [5.41, 5.74) is 17.4. The molecule has 1 aliphatic carbocycles. The highest BCUT2D eigenvalue weighted by Crippen LogP contribution is 2.57. The second-order valence-electron chi connectivity index (χ2n) is 15.6. The van der Waals surface area contributed by atoms with Gasteiger partial charge in [0, 0.05) is 50.3 Å². The standard InChI is InChI=1S/C56H41N3/c1-3-4-20-45-39(2)57(51-26-13-8-21-46(45)51)43-35-31-40(32-36-43)56(41-33-37-44(38-34-41)58-52-27-14-9-22-47(52)48-23-10-15-28-53(48)58)49-24-11-16-29-54(49)59(42-18-6-5-7-19-42)55-30-17-12-25-50(55)56/h1,4-14,16-27,29-38H,15,28H2,2H3/b20-4-. The Morgan fingerprint density at radius 3 is 1.75 bits per heavy atom. The van der Waals surface area contributed by atoms with Gasteiger partial charge in [0.2, 0.25) is 0 Å². The number of fused-ring (bicyclic) bond motifs is 6. The van der Waals surface area contributed by atoms with Crippen LogP contribution in [0.3, 0.4) is 0 Å². The number of nitrogens with zero attached hydrogens (tertiary/aromatic N) is 3. The van der Waals surface area contributed by atoms with E-state index in [1.54, 1.807) is 6.08 Å². The van der Waals surface area contributed by atoms with E-state index in [9.17, 15) is 0 Å². The fraction of sp³-hybridized carbons (Fsp3) is 0.0714. The van der Waals surface area contributed by atoms with Crippen molar-refractivity contribution in [1.82, 2.24) is 9.13 Å². The molecule has 11 rings (SSSR count). The van der Waals surface area contributed by atoms with Gasteiger partial charge in [0.25, 0.3) is 0 Å². The first-order valence-electron chi connectivity index (χ1n) is 20.5. The van der Waals surface area contributed by atoms with Crippen molar-refractivity contribution in [3.63, 3.8) is 0 Å². The summed E-state index contributed by atoms with van der Waals surface area (Å²) in [6.07, 6.45) is 16.2. The van der Waals surface area contributed by atoms with Crippen molar-refractivity contribution in [3.8, 4) is 23.7 Å². The molecule has 0 saturated carbocycles. The zero-order valence-electron chi connectivity index (χ0n) is 32.9. The van der Waals surface area contributed by atoms with Gasteiger partial charge in [-0.15, -0.1) is 6.42 Å². The highest BCUT2D eigenvalue weighted by Gasteiger charge is 2.46. The molecule has 0 fully saturated rings. The smallest absolute Gasteiger partial charge is 0.0742 e. The van der Waals surface area contributed by atoms with Crippen LogP contribution in [-0.4, -0.2) is 9.13 Å². The van der Waals surface area contributed by atoms with Crippen molar-refractivity contribution in [1.29, 1.82) is 0 Å². The minimum Gasteiger partial charge on any atom is -0.313 e. The molecule has 7 aromatic carbocycles. The summed E-state index contributed by atoms with van der Waals surface area (Å²) in [6.45, 7) is 2.18. The first-order valence-corrected chi connectivity index (χ1v) is 20.5. The second-order valence-corrected chi connectivity index (χ2v) is 15.6. The lowest BCUT2D eigenvalue weighted by atomic mass is 9.62. The number of terminal acetylenes is 1. The van der Waals surface area contributed by atoms with Crippen molar-refractivity contribution < 1.29 is 0 Å². The van der Waals surface area contributed by atoms with Gasteiger partial charge in [0.05, 0.1) is 27.8 Å². The summed E-state index contributed by atoms with van der Waals surface area (Å²) in [6, 6.07) is 64.8. The van der Waals surface area contributed by atoms with E-state index >= 15 is 0 Å². The van der Waals surface area contributed by atoms with Crippen molar-refractivity contribution >= 4 is 51.0 Å². The van der Waals surface area contributed by atoms with Crippen molar-refractivity contribution in [2.75, 3.05) is 4.90 Å². The summed E-state index contributed by atoms with van der Waals surface area (Å²) < 4.78 is 4.84. The quantitative estimate of drug-likeness (QED) is 0.154. The summed E-state index contributed by atoms with van der Waals surface area (Å²) in [5, 5.41) is 2.49. The molecule has 280 valence electrons. The van der Waals surface area contributed by atoms with E-state index in [0.29, 0.717) is 0 Å². The Morgan fingerprint density at radius 1 is 0.559 bits per heavy atom. The van der Waals surface area contributed by atoms with Crippen LogP contribution in [0.1, 0.15) is 51.2 Å². The Bertz CT molecular complexity index is 3120. The van der Waals surface area contributed by atoms with Crippen LogP contribution in [0.15, 0.2) is 188 Å². The molecule has 0 spiro atoms. The predicted octanol–water partition coefficient (Wildman–Crippen LogP) is 13.7. The predicted molar refractivity (Wildman–Crippen MR) is 247 cm³/mol. The van der Waals surface area contributed by atoms with E-state index in [1.165, 1.54) is 66.9 Å². The minimum absolute atomic E-state index is 0.634. The topological polar surface area (TPSA) is 13.1 Å². The molecule has 2 aliphatic rings. The van der Waals surface area contributed by atoms with Crippen LogP contribution in [0, 0.1) is 19.3 Å². The van der Waals surface area contributed by atoms with Gasteiger partial charge in [-0.3, -0.25) is 0 Å². The first-order chi connectivity index (χ1) is 29.2. The van der Waals surface area contributed by atoms with Crippen LogP contribution in [-0.2, 0) is 11.8 Å². The maximum atomic E-state index is 5.68. The molecule has 0 saturated heterocycles.